The molecular formula is C30H28Cl2N2O6. The number of aliphatic hydroxyl groups is 1. The number of carboxylic acid groups (broad SMARTS) is 1. The number of carbonyl (C=O) groups is 3. The van der Waals surface area contributed by atoms with Crippen molar-refractivity contribution in [1.82, 2.24) is 10.2 Å². The normalized spacial score (nSPS) is 18.1. The van der Waals surface area contributed by atoms with Crippen LogP contribution in [0.25, 0.3) is 11.0 Å². The van der Waals surface area contributed by atoms with E-state index in [-0.39, 0.29) is 46.2 Å². The second-order valence-corrected chi connectivity index (χ2v) is 11.0. The third kappa shape index (κ3) is 5.66. The van der Waals surface area contributed by atoms with E-state index in [0.717, 1.165) is 11.0 Å². The molecule has 2 heterocycles. The highest BCUT2D eigenvalue weighted by atomic mass is 35.5. The van der Waals surface area contributed by atoms with Gasteiger partial charge in [0, 0.05) is 18.5 Å². The number of carboxylic acids is 1. The van der Waals surface area contributed by atoms with Gasteiger partial charge in [0.1, 0.15) is 11.6 Å². The van der Waals surface area contributed by atoms with Gasteiger partial charge in [0.05, 0.1) is 21.7 Å². The molecule has 208 valence electrons. The van der Waals surface area contributed by atoms with Gasteiger partial charge >= 0.3 is 5.97 Å². The fourth-order valence-electron chi connectivity index (χ4n) is 5.28. The molecule has 1 unspecified atom stereocenters. The molecule has 0 spiro atoms. The third-order valence-corrected chi connectivity index (χ3v) is 8.14. The van der Waals surface area contributed by atoms with Crippen LogP contribution in [0.1, 0.15) is 51.8 Å². The number of nitrogens with zero attached hydrogens (tertiary/aromatic N) is 1. The van der Waals surface area contributed by atoms with E-state index in [1.54, 1.807) is 36.1 Å². The van der Waals surface area contributed by atoms with Crippen molar-refractivity contribution in [2.24, 2.45) is 5.92 Å². The quantitative estimate of drug-likeness (QED) is 0.343. The number of carbonyl (C=O) groups excluding carboxylic acids is 2. The van der Waals surface area contributed by atoms with Gasteiger partial charge in [-0.25, -0.2) is 4.79 Å². The van der Waals surface area contributed by atoms with Gasteiger partial charge in [-0.1, -0.05) is 59.6 Å². The van der Waals surface area contributed by atoms with Crippen LogP contribution in [0.15, 0.2) is 64.6 Å². The SMILES string of the molecule is C[C@H](O)C1=CC=CC(C[C@H](NC(=O)c2c(Cl)cc3c(c2Cl)CCN(C(=O)c2cc4ccccc4o2)C3)C(=O)O)C1. The van der Waals surface area contributed by atoms with Crippen molar-refractivity contribution in [1.29, 1.82) is 0 Å². The lowest BCUT2D eigenvalue weighted by Crippen LogP contribution is -2.42. The van der Waals surface area contributed by atoms with Gasteiger partial charge < -0.3 is 24.8 Å². The summed E-state index contributed by atoms with van der Waals surface area (Å²) in [6.45, 7) is 2.25. The highest BCUT2D eigenvalue weighted by molar-refractivity contribution is 6.40. The number of halogens is 2. The van der Waals surface area contributed by atoms with Gasteiger partial charge in [-0.05, 0) is 67.0 Å². The Morgan fingerprint density at radius 1 is 1.20 bits per heavy atom. The summed E-state index contributed by atoms with van der Waals surface area (Å²) in [4.78, 5) is 40.1. The molecule has 3 atom stereocenters. The molecule has 0 saturated heterocycles. The molecule has 1 aliphatic heterocycles. The predicted octanol–water partition coefficient (Wildman–Crippen LogP) is 5.39. The molecule has 2 aliphatic rings. The maximum atomic E-state index is 13.3. The van der Waals surface area contributed by atoms with Crippen LogP contribution >= 0.6 is 23.2 Å². The van der Waals surface area contributed by atoms with Gasteiger partial charge in [-0.3, -0.25) is 9.59 Å². The molecule has 5 rings (SSSR count). The molecule has 0 radical (unpaired) electrons. The minimum atomic E-state index is -1.18. The maximum absolute atomic E-state index is 13.3. The first kappa shape index (κ1) is 28.0. The lowest BCUT2D eigenvalue weighted by molar-refractivity contribution is -0.139. The van der Waals surface area contributed by atoms with Crippen molar-refractivity contribution in [3.05, 3.63) is 92.7 Å². The molecule has 1 aliphatic carbocycles. The Bertz CT molecular complexity index is 1520. The van der Waals surface area contributed by atoms with Crippen molar-refractivity contribution in [2.75, 3.05) is 6.54 Å². The molecule has 0 fully saturated rings. The van der Waals surface area contributed by atoms with E-state index in [4.69, 9.17) is 27.6 Å². The number of benzene rings is 2. The minimum absolute atomic E-state index is 0.00847. The van der Waals surface area contributed by atoms with Crippen molar-refractivity contribution in [2.45, 2.75) is 44.9 Å². The number of amides is 2. The van der Waals surface area contributed by atoms with E-state index in [2.05, 4.69) is 5.32 Å². The molecule has 40 heavy (non-hydrogen) atoms. The number of fused-ring (bicyclic) bond motifs is 2. The number of para-hydroxylation sites is 1. The van der Waals surface area contributed by atoms with Crippen LogP contribution in [0.5, 0.6) is 0 Å². The molecule has 3 N–H and O–H groups in total. The first-order valence-electron chi connectivity index (χ1n) is 13.0. The van der Waals surface area contributed by atoms with Gasteiger partial charge in [0.15, 0.2) is 5.76 Å². The Labute approximate surface area is 240 Å². The molecule has 2 aromatic carbocycles. The van der Waals surface area contributed by atoms with Gasteiger partial charge in [-0.2, -0.15) is 0 Å². The minimum Gasteiger partial charge on any atom is -0.480 e. The van der Waals surface area contributed by atoms with Gasteiger partial charge in [0.2, 0.25) is 0 Å². The molecule has 3 aromatic rings. The van der Waals surface area contributed by atoms with Crippen LogP contribution in [0, 0.1) is 5.92 Å². The number of furan rings is 1. The summed E-state index contributed by atoms with van der Waals surface area (Å²) in [5.41, 5.74) is 2.84. The Morgan fingerprint density at radius 2 is 1.98 bits per heavy atom. The van der Waals surface area contributed by atoms with Gasteiger partial charge in [-0.15, -0.1) is 0 Å². The second-order valence-electron chi connectivity index (χ2n) is 10.2. The third-order valence-electron chi connectivity index (χ3n) is 7.43. The van der Waals surface area contributed by atoms with Crippen LogP contribution < -0.4 is 5.32 Å². The summed E-state index contributed by atoms with van der Waals surface area (Å²) in [5.74, 6) is -2.05. The highest BCUT2D eigenvalue weighted by Gasteiger charge is 2.31. The fourth-order valence-corrected chi connectivity index (χ4v) is 6.04. The maximum Gasteiger partial charge on any atom is 0.326 e. The Morgan fingerprint density at radius 3 is 2.70 bits per heavy atom. The number of rotatable bonds is 7. The Hall–Kier alpha value is -3.59. The largest absolute Gasteiger partial charge is 0.480 e. The summed E-state index contributed by atoms with van der Waals surface area (Å²) in [5, 5.41) is 23.3. The van der Waals surface area contributed by atoms with Gasteiger partial charge in [0.25, 0.3) is 11.8 Å². The van der Waals surface area contributed by atoms with Crippen LogP contribution in [-0.4, -0.2) is 51.6 Å². The molecule has 8 nitrogen and oxygen atoms in total. The van der Waals surface area contributed by atoms with Crippen LogP contribution in [0.4, 0.5) is 0 Å². The number of aliphatic carboxylic acids is 1. The zero-order valence-corrected chi connectivity index (χ0v) is 23.2. The monoisotopic (exact) mass is 582 g/mol. The summed E-state index contributed by atoms with van der Waals surface area (Å²) in [6.07, 6.45) is 5.86. The highest BCUT2D eigenvalue weighted by Crippen LogP contribution is 2.35. The molecule has 1 aromatic heterocycles. The van der Waals surface area contributed by atoms with E-state index < -0.39 is 24.0 Å². The summed E-state index contributed by atoms with van der Waals surface area (Å²) in [7, 11) is 0. The summed E-state index contributed by atoms with van der Waals surface area (Å²) >= 11 is 13.2. The zero-order chi connectivity index (χ0) is 28.6. The number of nitrogens with one attached hydrogen (secondary N) is 1. The second kappa shape index (κ2) is 11.5. The lowest BCUT2D eigenvalue weighted by Gasteiger charge is -2.30. The molecule has 2 amide bonds. The van der Waals surface area contributed by atoms with Crippen molar-refractivity contribution >= 4 is 52.0 Å². The number of allylic oxidation sites excluding steroid dienone is 3. The van der Waals surface area contributed by atoms with E-state index >= 15 is 0 Å². The van der Waals surface area contributed by atoms with E-state index in [1.165, 1.54) is 0 Å². The Kier molecular flexibility index (Phi) is 8.03. The number of aliphatic hydroxyl groups excluding tert-OH is 1. The van der Waals surface area contributed by atoms with E-state index in [9.17, 15) is 24.6 Å². The standard InChI is InChI=1S/C30H28Cl2N2O6/c1-16(35)18-7-4-5-17(11-18)12-23(30(38)39)33-28(36)26-22(31)13-20-15-34(10-9-21(20)27(26)32)29(37)25-14-19-6-2-3-8-24(19)40-25/h2-8,13-14,16-17,23,35H,9-12,15H2,1H3,(H,33,36)(H,38,39)/t16-,17?,23-/m0/s1. The lowest BCUT2D eigenvalue weighted by atomic mass is 9.87. The average Bonchev–Trinajstić information content (AvgIpc) is 3.36. The predicted molar refractivity (Wildman–Crippen MR) is 152 cm³/mol. The molecular weight excluding hydrogens is 555 g/mol. The molecule has 0 bridgehead atoms. The molecule has 0 saturated carbocycles. The first-order chi connectivity index (χ1) is 19.1. The topological polar surface area (TPSA) is 120 Å². The number of hydrogen-bond acceptors (Lipinski definition) is 5. The number of hydrogen-bond donors (Lipinski definition) is 3. The molecule has 10 heteroatoms. The first-order valence-corrected chi connectivity index (χ1v) is 13.7. The summed E-state index contributed by atoms with van der Waals surface area (Å²) < 4.78 is 5.73. The van der Waals surface area contributed by atoms with Crippen molar-refractivity contribution in [3.63, 3.8) is 0 Å². The van der Waals surface area contributed by atoms with Crippen LogP contribution in [0.2, 0.25) is 10.0 Å². The van der Waals surface area contributed by atoms with Crippen molar-refractivity contribution < 1.29 is 29.0 Å². The van der Waals surface area contributed by atoms with Crippen LogP contribution in [0.3, 0.4) is 0 Å². The van der Waals surface area contributed by atoms with E-state index in [1.807, 2.05) is 30.4 Å². The summed E-state index contributed by atoms with van der Waals surface area (Å²) in [6, 6.07) is 9.52. The average molecular weight is 583 g/mol. The van der Waals surface area contributed by atoms with E-state index in [0.29, 0.717) is 36.1 Å². The van der Waals surface area contributed by atoms with Crippen molar-refractivity contribution in [3.8, 4) is 0 Å². The Balaban J connectivity index is 1.31. The fraction of sp³-hybridized carbons (Fsp3) is 0.300. The smallest absolute Gasteiger partial charge is 0.326 e. The van der Waals surface area contributed by atoms with Crippen LogP contribution in [-0.2, 0) is 17.8 Å². The zero-order valence-electron chi connectivity index (χ0n) is 21.7.